The fraction of sp³-hybridized carbons (Fsp3) is 0.520. The number of benzene rings is 1. The number of hydrogen-bond donors (Lipinski definition) is 2. The number of likely N-dealkylation sites (tertiary alicyclic amines) is 1. The average Bonchev–Trinajstić information content (AvgIpc) is 3.33. The van der Waals surface area contributed by atoms with Crippen molar-refractivity contribution in [3.8, 4) is 5.82 Å². The normalized spacial score (nSPS) is 18.0. The smallest absolute Gasteiger partial charge is 0.296 e. The first-order valence-electron chi connectivity index (χ1n) is 12.7. The number of ether oxygens (including phenoxy) is 1. The number of carbonyl (C=O) groups is 1. The molecule has 4 heterocycles. The van der Waals surface area contributed by atoms with Gasteiger partial charge in [0.2, 0.25) is 11.9 Å². The van der Waals surface area contributed by atoms with Crippen molar-refractivity contribution < 1.29 is 18.3 Å². The number of morpholine rings is 1. The first-order chi connectivity index (χ1) is 17.9. The first-order valence-corrected chi connectivity index (χ1v) is 12.7. The third-order valence-electron chi connectivity index (χ3n) is 7.02. The number of nitrogens with one attached hydrogen (secondary N) is 1. The molecule has 0 unspecified atom stereocenters. The van der Waals surface area contributed by atoms with Gasteiger partial charge in [-0.1, -0.05) is 12.1 Å². The SMILES string of the molecule is C[C@H](Nc1nc(N2CCOCC2)cc(-n2c(C(F)F)nc3ccccc32)n1)C(=O)N1CCC(CN)CC1. The van der Waals surface area contributed by atoms with Crippen LogP contribution in [-0.2, 0) is 9.53 Å². The molecule has 12 heteroatoms. The lowest BCUT2D eigenvalue weighted by atomic mass is 9.97. The van der Waals surface area contributed by atoms with E-state index < -0.39 is 18.3 Å². The zero-order valence-corrected chi connectivity index (χ0v) is 20.8. The molecule has 1 amide bonds. The molecule has 2 aliphatic rings. The van der Waals surface area contributed by atoms with E-state index in [-0.39, 0.29) is 17.7 Å². The lowest BCUT2D eigenvalue weighted by Crippen LogP contribution is -2.46. The number of piperidine rings is 1. The van der Waals surface area contributed by atoms with Gasteiger partial charge in [0.15, 0.2) is 5.82 Å². The summed E-state index contributed by atoms with van der Waals surface area (Å²) in [5.74, 6) is 1.00. The summed E-state index contributed by atoms with van der Waals surface area (Å²) in [6.45, 7) is 5.98. The zero-order valence-electron chi connectivity index (χ0n) is 20.8. The second kappa shape index (κ2) is 10.9. The Morgan fingerprint density at radius 1 is 1.11 bits per heavy atom. The van der Waals surface area contributed by atoms with Crippen LogP contribution in [0, 0.1) is 5.92 Å². The molecule has 10 nitrogen and oxygen atoms in total. The van der Waals surface area contributed by atoms with Gasteiger partial charge in [-0.05, 0) is 44.4 Å². The predicted octanol–water partition coefficient (Wildman–Crippen LogP) is 2.59. The Morgan fingerprint density at radius 3 is 2.51 bits per heavy atom. The molecule has 0 radical (unpaired) electrons. The van der Waals surface area contributed by atoms with Crippen LogP contribution in [0.4, 0.5) is 20.5 Å². The molecular weight excluding hydrogens is 482 g/mol. The number of alkyl halides is 2. The molecule has 198 valence electrons. The number of hydrogen-bond acceptors (Lipinski definition) is 8. The van der Waals surface area contributed by atoms with E-state index in [1.165, 1.54) is 4.57 Å². The Kier molecular flexibility index (Phi) is 7.47. The largest absolute Gasteiger partial charge is 0.378 e. The highest BCUT2D eigenvalue weighted by Gasteiger charge is 2.27. The van der Waals surface area contributed by atoms with Gasteiger partial charge in [-0.15, -0.1) is 0 Å². The van der Waals surface area contributed by atoms with Crippen molar-refractivity contribution in [2.75, 3.05) is 56.2 Å². The predicted molar refractivity (Wildman–Crippen MR) is 136 cm³/mol. The zero-order chi connectivity index (χ0) is 25.9. The van der Waals surface area contributed by atoms with E-state index in [4.69, 9.17) is 10.5 Å². The van der Waals surface area contributed by atoms with Crippen LogP contribution in [-0.4, -0.2) is 82.3 Å². The Balaban J connectivity index is 1.49. The maximum Gasteiger partial charge on any atom is 0.296 e. The van der Waals surface area contributed by atoms with Gasteiger partial charge in [0.05, 0.1) is 24.2 Å². The molecule has 3 aromatic rings. The molecule has 2 aliphatic heterocycles. The summed E-state index contributed by atoms with van der Waals surface area (Å²) in [6.07, 6.45) is -1.04. The minimum absolute atomic E-state index is 0.0567. The summed E-state index contributed by atoms with van der Waals surface area (Å²) >= 11 is 0. The minimum atomic E-state index is -2.80. The quantitative estimate of drug-likeness (QED) is 0.495. The molecule has 2 saturated heterocycles. The number of imidazole rings is 1. The van der Waals surface area contributed by atoms with Gasteiger partial charge < -0.3 is 25.6 Å². The molecule has 0 aliphatic carbocycles. The van der Waals surface area contributed by atoms with Gasteiger partial charge in [-0.3, -0.25) is 9.36 Å². The van der Waals surface area contributed by atoms with Crippen molar-refractivity contribution >= 4 is 28.7 Å². The number of nitrogens with zero attached hydrogens (tertiary/aromatic N) is 6. The average molecular weight is 515 g/mol. The number of aromatic nitrogens is 4. The van der Waals surface area contributed by atoms with E-state index in [9.17, 15) is 13.6 Å². The summed E-state index contributed by atoms with van der Waals surface area (Å²) < 4.78 is 34.9. The summed E-state index contributed by atoms with van der Waals surface area (Å²) in [6, 6.07) is 8.03. The molecule has 2 fully saturated rings. The van der Waals surface area contributed by atoms with Crippen molar-refractivity contribution in [3.05, 3.63) is 36.2 Å². The van der Waals surface area contributed by atoms with Crippen molar-refractivity contribution in [3.63, 3.8) is 0 Å². The molecule has 3 N–H and O–H groups in total. The number of anilines is 2. The van der Waals surface area contributed by atoms with Gasteiger partial charge in [0.1, 0.15) is 17.7 Å². The van der Waals surface area contributed by atoms with E-state index in [1.54, 1.807) is 37.3 Å². The van der Waals surface area contributed by atoms with Crippen LogP contribution in [0.3, 0.4) is 0 Å². The van der Waals surface area contributed by atoms with Crippen LogP contribution in [0.2, 0.25) is 0 Å². The summed E-state index contributed by atoms with van der Waals surface area (Å²) in [5.41, 5.74) is 6.75. The maximum absolute atomic E-state index is 14.1. The summed E-state index contributed by atoms with van der Waals surface area (Å²) in [4.78, 5) is 30.4. The number of carbonyl (C=O) groups excluding carboxylic acids is 1. The second-order valence-electron chi connectivity index (χ2n) is 9.47. The lowest BCUT2D eigenvalue weighted by molar-refractivity contribution is -0.133. The maximum atomic E-state index is 14.1. The number of nitrogens with two attached hydrogens (primary N) is 1. The van der Waals surface area contributed by atoms with Crippen LogP contribution in [0.1, 0.15) is 32.0 Å². The van der Waals surface area contributed by atoms with Crippen molar-refractivity contribution in [1.29, 1.82) is 0 Å². The number of para-hydroxylation sites is 2. The Morgan fingerprint density at radius 2 is 1.81 bits per heavy atom. The standard InChI is InChI=1S/C25H32F2N8O2/c1-16(24(36)34-8-6-17(15-28)7-9-34)29-25-31-20(33-10-12-37-13-11-33)14-21(32-25)35-19-5-3-2-4-18(19)30-23(35)22(26)27/h2-5,14,16-17,22H,6-13,15,28H2,1H3,(H,29,31,32)/t16-/m0/s1. The number of rotatable bonds is 7. The van der Waals surface area contributed by atoms with Crippen LogP contribution in [0.25, 0.3) is 16.9 Å². The number of fused-ring (bicyclic) bond motifs is 1. The van der Waals surface area contributed by atoms with E-state index in [1.807, 2.05) is 9.80 Å². The molecular formula is C25H32F2N8O2. The molecule has 0 saturated carbocycles. The van der Waals surface area contributed by atoms with E-state index in [0.717, 1.165) is 12.8 Å². The minimum Gasteiger partial charge on any atom is -0.378 e. The Labute approximate surface area is 213 Å². The number of amides is 1. The third-order valence-corrected chi connectivity index (χ3v) is 7.02. The van der Waals surface area contributed by atoms with E-state index in [2.05, 4.69) is 20.3 Å². The van der Waals surface area contributed by atoms with Gasteiger partial charge >= 0.3 is 0 Å². The molecule has 1 atom stereocenters. The van der Waals surface area contributed by atoms with Gasteiger partial charge in [0, 0.05) is 32.2 Å². The molecule has 2 aromatic heterocycles. The molecule has 1 aromatic carbocycles. The molecule has 37 heavy (non-hydrogen) atoms. The lowest BCUT2D eigenvalue weighted by Gasteiger charge is -2.33. The first kappa shape index (κ1) is 25.3. The third kappa shape index (κ3) is 5.35. The highest BCUT2D eigenvalue weighted by atomic mass is 19.3. The highest BCUT2D eigenvalue weighted by Crippen LogP contribution is 2.29. The van der Waals surface area contributed by atoms with E-state index in [0.29, 0.717) is 68.7 Å². The van der Waals surface area contributed by atoms with Crippen molar-refractivity contribution in [1.82, 2.24) is 24.4 Å². The monoisotopic (exact) mass is 514 g/mol. The van der Waals surface area contributed by atoms with Gasteiger partial charge in [-0.25, -0.2) is 13.8 Å². The van der Waals surface area contributed by atoms with Crippen LogP contribution in [0.5, 0.6) is 0 Å². The fourth-order valence-corrected chi connectivity index (χ4v) is 4.91. The molecule has 0 spiro atoms. The highest BCUT2D eigenvalue weighted by molar-refractivity contribution is 5.84. The van der Waals surface area contributed by atoms with E-state index >= 15 is 0 Å². The van der Waals surface area contributed by atoms with Gasteiger partial charge in [-0.2, -0.15) is 9.97 Å². The summed E-state index contributed by atoms with van der Waals surface area (Å²) in [5, 5.41) is 3.13. The van der Waals surface area contributed by atoms with Gasteiger partial charge in [0.25, 0.3) is 6.43 Å². The fourth-order valence-electron chi connectivity index (χ4n) is 4.91. The summed E-state index contributed by atoms with van der Waals surface area (Å²) in [7, 11) is 0. The molecule has 5 rings (SSSR count). The van der Waals surface area contributed by atoms with Crippen LogP contribution < -0.4 is 16.0 Å². The van der Waals surface area contributed by atoms with Crippen molar-refractivity contribution in [2.24, 2.45) is 11.7 Å². The Bertz CT molecular complexity index is 1240. The van der Waals surface area contributed by atoms with Crippen LogP contribution in [0.15, 0.2) is 30.3 Å². The van der Waals surface area contributed by atoms with Crippen molar-refractivity contribution in [2.45, 2.75) is 32.2 Å². The molecule has 0 bridgehead atoms. The Hall–Kier alpha value is -3.38. The number of halogens is 2. The topological polar surface area (TPSA) is 114 Å². The van der Waals surface area contributed by atoms with Crippen LogP contribution >= 0.6 is 0 Å². The second-order valence-corrected chi connectivity index (χ2v) is 9.47.